The molecule has 100 valence electrons. The van der Waals surface area contributed by atoms with Gasteiger partial charge in [0.15, 0.2) is 9.84 Å². The highest BCUT2D eigenvalue weighted by Crippen LogP contribution is 2.42. The van der Waals surface area contributed by atoms with Crippen LogP contribution in [0, 0.1) is 0 Å². The van der Waals surface area contributed by atoms with Crippen molar-refractivity contribution in [2.45, 2.75) is 50.4 Å². The van der Waals surface area contributed by atoms with Gasteiger partial charge in [-0.15, -0.1) is 0 Å². The minimum absolute atomic E-state index is 0.214. The predicted molar refractivity (Wildman–Crippen MR) is 61.6 cm³/mol. The maximum atomic E-state index is 12.0. The van der Waals surface area contributed by atoms with E-state index in [9.17, 15) is 18.4 Å². The zero-order valence-electron chi connectivity index (χ0n) is 10.5. The molecule has 7 heteroatoms. The Labute approximate surface area is 101 Å². The van der Waals surface area contributed by atoms with E-state index in [2.05, 4.69) is 0 Å². The molecular formula is C10H19NO5S. The van der Waals surface area contributed by atoms with Gasteiger partial charge in [0.25, 0.3) is 0 Å². The van der Waals surface area contributed by atoms with Crippen LogP contribution >= 0.6 is 0 Å². The Hall–Kier alpha value is -0.660. The van der Waals surface area contributed by atoms with Crippen LogP contribution in [0.4, 0.5) is 0 Å². The van der Waals surface area contributed by atoms with E-state index in [0.29, 0.717) is 0 Å². The second-order valence-electron chi connectivity index (χ2n) is 5.67. The van der Waals surface area contributed by atoms with Gasteiger partial charge in [0, 0.05) is 5.54 Å². The lowest BCUT2D eigenvalue weighted by Crippen LogP contribution is -2.50. The van der Waals surface area contributed by atoms with E-state index in [1.165, 1.54) is 0 Å². The highest BCUT2D eigenvalue weighted by molar-refractivity contribution is 7.92. The molecule has 1 fully saturated rings. The van der Waals surface area contributed by atoms with E-state index >= 15 is 0 Å². The second-order valence-corrected chi connectivity index (χ2v) is 7.86. The molecule has 0 saturated carbocycles. The van der Waals surface area contributed by atoms with Gasteiger partial charge >= 0.3 is 5.97 Å². The molecule has 1 rings (SSSR count). The third-order valence-corrected chi connectivity index (χ3v) is 5.61. The summed E-state index contributed by atoms with van der Waals surface area (Å²) in [5, 5.41) is 18.7. The fourth-order valence-electron chi connectivity index (χ4n) is 2.55. The van der Waals surface area contributed by atoms with Crippen molar-refractivity contribution in [1.82, 2.24) is 5.06 Å². The number of nitrogens with zero attached hydrogens (tertiary/aromatic N) is 1. The van der Waals surface area contributed by atoms with Crippen molar-refractivity contribution < 1.29 is 23.5 Å². The number of hydrogen-bond donors (Lipinski definition) is 2. The quantitative estimate of drug-likeness (QED) is 0.772. The van der Waals surface area contributed by atoms with Gasteiger partial charge in [0.1, 0.15) is 5.75 Å². The molecule has 2 N–H and O–H groups in total. The number of hydroxylamine groups is 2. The number of carbonyl (C=O) groups is 1. The van der Waals surface area contributed by atoms with Crippen molar-refractivity contribution in [1.29, 1.82) is 0 Å². The van der Waals surface area contributed by atoms with Crippen LogP contribution in [-0.2, 0) is 14.6 Å². The van der Waals surface area contributed by atoms with Gasteiger partial charge in [-0.25, -0.2) is 8.42 Å². The molecule has 0 spiro atoms. The van der Waals surface area contributed by atoms with Crippen molar-refractivity contribution in [3.8, 4) is 0 Å². The maximum absolute atomic E-state index is 12.0. The topological polar surface area (TPSA) is 94.9 Å². The molecule has 0 radical (unpaired) electrons. The Balaban J connectivity index is 3.13. The molecule has 1 atom stereocenters. The van der Waals surface area contributed by atoms with Crippen LogP contribution in [0.15, 0.2) is 0 Å². The van der Waals surface area contributed by atoms with Gasteiger partial charge in [-0.1, -0.05) is 0 Å². The van der Waals surface area contributed by atoms with E-state index in [1.807, 2.05) is 0 Å². The summed E-state index contributed by atoms with van der Waals surface area (Å²) in [6, 6.07) is 0. The zero-order valence-corrected chi connectivity index (χ0v) is 11.3. The molecule has 0 amide bonds. The van der Waals surface area contributed by atoms with E-state index < -0.39 is 37.9 Å². The fourth-order valence-corrected chi connectivity index (χ4v) is 4.73. The Morgan fingerprint density at radius 3 is 2.12 bits per heavy atom. The molecule has 1 aliphatic rings. The Morgan fingerprint density at radius 2 is 1.82 bits per heavy atom. The monoisotopic (exact) mass is 265 g/mol. The van der Waals surface area contributed by atoms with Crippen molar-refractivity contribution in [2.24, 2.45) is 0 Å². The first-order valence-corrected chi connectivity index (χ1v) is 7.05. The van der Waals surface area contributed by atoms with Gasteiger partial charge in [-0.05, 0) is 34.1 Å². The molecular weight excluding hydrogens is 246 g/mol. The summed E-state index contributed by atoms with van der Waals surface area (Å²) in [6.45, 7) is 6.66. The van der Waals surface area contributed by atoms with Gasteiger partial charge in [-0.3, -0.25) is 4.79 Å². The molecule has 6 nitrogen and oxygen atoms in total. The number of carboxylic acid groups (broad SMARTS) is 1. The molecule has 0 aromatic rings. The SMILES string of the molecule is CC1(C)CC(S(=O)(=O)CC(=O)O)C(C)(C)N1O. The largest absolute Gasteiger partial charge is 0.480 e. The summed E-state index contributed by atoms with van der Waals surface area (Å²) in [7, 11) is -3.77. The summed E-state index contributed by atoms with van der Waals surface area (Å²) in [5.74, 6) is -2.26. The predicted octanol–water partition coefficient (Wildman–Crippen LogP) is 0.506. The Morgan fingerprint density at radius 1 is 1.35 bits per heavy atom. The number of carboxylic acids is 1. The van der Waals surface area contributed by atoms with Crippen LogP contribution < -0.4 is 0 Å². The van der Waals surface area contributed by atoms with Crippen LogP contribution in [0.3, 0.4) is 0 Å². The third-order valence-electron chi connectivity index (χ3n) is 3.35. The first-order chi connectivity index (χ1) is 7.41. The first kappa shape index (κ1) is 14.4. The molecule has 0 bridgehead atoms. The van der Waals surface area contributed by atoms with Crippen molar-refractivity contribution >= 4 is 15.8 Å². The van der Waals surface area contributed by atoms with Crippen molar-refractivity contribution in [2.75, 3.05) is 5.75 Å². The number of sulfone groups is 1. The molecule has 0 aliphatic carbocycles. The summed E-state index contributed by atoms with van der Waals surface area (Å²) in [4.78, 5) is 10.6. The lowest BCUT2D eigenvalue weighted by Gasteiger charge is -2.35. The number of hydrogen-bond acceptors (Lipinski definition) is 5. The summed E-state index contributed by atoms with van der Waals surface area (Å²) in [5.41, 5.74) is -1.67. The van der Waals surface area contributed by atoms with Crippen LogP contribution in [-0.4, -0.2) is 51.8 Å². The summed E-state index contributed by atoms with van der Waals surface area (Å²) in [6.07, 6.45) is 0.214. The molecule has 1 unspecified atom stereocenters. The van der Waals surface area contributed by atoms with Gasteiger partial charge in [0.2, 0.25) is 0 Å². The number of aliphatic carboxylic acids is 1. The minimum Gasteiger partial charge on any atom is -0.480 e. The van der Waals surface area contributed by atoms with Crippen molar-refractivity contribution in [3.05, 3.63) is 0 Å². The van der Waals surface area contributed by atoms with Gasteiger partial charge in [0.05, 0.1) is 10.8 Å². The highest BCUT2D eigenvalue weighted by Gasteiger charge is 2.56. The minimum atomic E-state index is -3.77. The van der Waals surface area contributed by atoms with E-state index in [4.69, 9.17) is 5.11 Å². The smallest absolute Gasteiger partial charge is 0.318 e. The number of rotatable bonds is 3. The second kappa shape index (κ2) is 3.93. The normalized spacial score (nSPS) is 28.2. The molecule has 1 heterocycles. The van der Waals surface area contributed by atoms with Gasteiger partial charge < -0.3 is 10.3 Å². The van der Waals surface area contributed by atoms with Crippen LogP contribution in [0.25, 0.3) is 0 Å². The van der Waals surface area contributed by atoms with Crippen LogP contribution in [0.2, 0.25) is 0 Å². The maximum Gasteiger partial charge on any atom is 0.318 e. The molecule has 17 heavy (non-hydrogen) atoms. The van der Waals surface area contributed by atoms with E-state index in [-0.39, 0.29) is 6.42 Å². The lowest BCUT2D eigenvalue weighted by atomic mass is 10.0. The molecule has 0 aromatic carbocycles. The lowest BCUT2D eigenvalue weighted by molar-refractivity contribution is -0.191. The average Bonchev–Trinajstić information content (AvgIpc) is 2.25. The van der Waals surface area contributed by atoms with Crippen LogP contribution in [0.1, 0.15) is 34.1 Å². The first-order valence-electron chi connectivity index (χ1n) is 5.34. The van der Waals surface area contributed by atoms with E-state index in [1.54, 1.807) is 27.7 Å². The molecule has 1 aliphatic heterocycles. The summed E-state index contributed by atoms with van der Waals surface area (Å²) < 4.78 is 23.9. The standard InChI is InChI=1S/C10H19NO5S/c1-9(2)5-7(10(3,4)11(9)14)17(15,16)6-8(12)13/h7,14H,5-6H2,1-4H3,(H,12,13). The van der Waals surface area contributed by atoms with Crippen LogP contribution in [0.5, 0.6) is 0 Å². The summed E-state index contributed by atoms with van der Waals surface area (Å²) >= 11 is 0. The third kappa shape index (κ3) is 2.46. The Bertz CT molecular complexity index is 426. The van der Waals surface area contributed by atoms with E-state index in [0.717, 1.165) is 5.06 Å². The van der Waals surface area contributed by atoms with Crippen molar-refractivity contribution in [3.63, 3.8) is 0 Å². The molecule has 1 saturated heterocycles. The highest BCUT2D eigenvalue weighted by atomic mass is 32.2. The molecule has 0 aromatic heterocycles. The Kier molecular flexibility index (Phi) is 3.33. The zero-order chi connectivity index (χ0) is 13.6. The van der Waals surface area contributed by atoms with Gasteiger partial charge in [-0.2, -0.15) is 5.06 Å². The average molecular weight is 265 g/mol. The fraction of sp³-hybridized carbons (Fsp3) is 0.900.